The van der Waals surface area contributed by atoms with Crippen LogP contribution in [-0.2, 0) is 13.9 Å². The number of hydrogen-bond donors (Lipinski definition) is 0. The molecular weight excluding hydrogens is 220 g/mol. The standard InChI is InChI=1S/C12H26O3Si/c1-8-16-13-9-10(14-11(2,3)4)15-12(5,6)7/h8,10H,1,9,16H2,2-7H3. The van der Waals surface area contributed by atoms with Crippen LogP contribution in [-0.4, -0.2) is 33.9 Å². The molecule has 16 heavy (non-hydrogen) atoms. The van der Waals surface area contributed by atoms with Gasteiger partial charge < -0.3 is 13.9 Å². The largest absolute Gasteiger partial charge is 0.414 e. The van der Waals surface area contributed by atoms with Crippen LogP contribution in [0.1, 0.15) is 41.5 Å². The molecule has 0 atom stereocenters. The fourth-order valence-corrected chi connectivity index (χ4v) is 1.62. The summed E-state index contributed by atoms with van der Waals surface area (Å²) >= 11 is 0. The third-order valence-corrected chi connectivity index (χ3v) is 2.17. The van der Waals surface area contributed by atoms with Gasteiger partial charge in [-0.3, -0.25) is 0 Å². The van der Waals surface area contributed by atoms with Crippen molar-refractivity contribution in [3.63, 3.8) is 0 Å². The summed E-state index contributed by atoms with van der Waals surface area (Å²) in [6.07, 6.45) is -0.313. The van der Waals surface area contributed by atoms with E-state index in [0.717, 1.165) is 0 Å². The molecular formula is C12H26O3Si. The predicted molar refractivity (Wildman–Crippen MR) is 70.2 cm³/mol. The molecule has 0 unspecified atom stereocenters. The normalized spacial score (nSPS) is 13.9. The average molecular weight is 246 g/mol. The Kier molecular flexibility index (Phi) is 6.48. The first-order valence-electron chi connectivity index (χ1n) is 5.68. The van der Waals surface area contributed by atoms with E-state index in [1.807, 2.05) is 47.2 Å². The van der Waals surface area contributed by atoms with E-state index in [0.29, 0.717) is 6.61 Å². The highest BCUT2D eigenvalue weighted by atomic mass is 28.2. The molecule has 0 aliphatic heterocycles. The van der Waals surface area contributed by atoms with Gasteiger partial charge in [0.15, 0.2) is 16.1 Å². The molecule has 0 fully saturated rings. The Morgan fingerprint density at radius 3 is 1.81 bits per heavy atom. The molecule has 0 saturated carbocycles. The molecule has 0 aliphatic carbocycles. The fraction of sp³-hybridized carbons (Fsp3) is 0.833. The van der Waals surface area contributed by atoms with Crippen molar-refractivity contribution in [3.8, 4) is 0 Å². The first-order valence-corrected chi connectivity index (χ1v) is 7.08. The summed E-state index contributed by atoms with van der Waals surface area (Å²) in [5, 5.41) is 0. The van der Waals surface area contributed by atoms with Crippen molar-refractivity contribution >= 4 is 9.76 Å². The van der Waals surface area contributed by atoms with E-state index in [-0.39, 0.29) is 17.5 Å². The van der Waals surface area contributed by atoms with Crippen molar-refractivity contribution in [2.24, 2.45) is 0 Å². The predicted octanol–water partition coefficient (Wildman–Crippen LogP) is 2.19. The average Bonchev–Trinajstić information content (AvgIpc) is 1.97. The quantitative estimate of drug-likeness (QED) is 0.408. The van der Waals surface area contributed by atoms with Gasteiger partial charge in [-0.1, -0.05) is 5.70 Å². The topological polar surface area (TPSA) is 27.7 Å². The lowest BCUT2D eigenvalue weighted by Gasteiger charge is -2.32. The lowest BCUT2D eigenvalue weighted by Crippen LogP contribution is -2.38. The Morgan fingerprint density at radius 2 is 1.50 bits per heavy atom. The number of hydrogen-bond acceptors (Lipinski definition) is 3. The number of rotatable bonds is 6. The summed E-state index contributed by atoms with van der Waals surface area (Å²) < 4.78 is 17.1. The second-order valence-electron chi connectivity index (χ2n) is 5.72. The summed E-state index contributed by atoms with van der Waals surface area (Å²) in [5.41, 5.74) is 1.40. The van der Waals surface area contributed by atoms with E-state index < -0.39 is 9.76 Å². The molecule has 0 aromatic heterocycles. The molecule has 0 spiro atoms. The Bertz CT molecular complexity index is 187. The summed E-state index contributed by atoms with van der Waals surface area (Å²) in [7, 11) is -0.623. The molecule has 0 N–H and O–H groups in total. The minimum Gasteiger partial charge on any atom is -0.414 e. The summed E-state index contributed by atoms with van der Waals surface area (Å²) in [5.74, 6) is 0. The lowest BCUT2D eigenvalue weighted by molar-refractivity contribution is -0.243. The van der Waals surface area contributed by atoms with Crippen molar-refractivity contribution in [2.45, 2.75) is 59.0 Å². The summed E-state index contributed by atoms with van der Waals surface area (Å²) in [6.45, 7) is 16.2. The van der Waals surface area contributed by atoms with E-state index in [9.17, 15) is 0 Å². The van der Waals surface area contributed by atoms with Crippen LogP contribution in [0.4, 0.5) is 0 Å². The van der Waals surface area contributed by atoms with Crippen LogP contribution in [0, 0.1) is 0 Å². The van der Waals surface area contributed by atoms with Gasteiger partial charge in [0.05, 0.1) is 17.8 Å². The van der Waals surface area contributed by atoms with Gasteiger partial charge in [0.25, 0.3) is 0 Å². The number of ether oxygens (including phenoxy) is 2. The van der Waals surface area contributed by atoms with Gasteiger partial charge in [-0.15, -0.1) is 6.58 Å². The SMILES string of the molecule is C=C[SiH2]OCC(OC(C)(C)C)OC(C)(C)C. The van der Waals surface area contributed by atoms with E-state index in [1.54, 1.807) is 0 Å². The molecule has 3 nitrogen and oxygen atoms in total. The Morgan fingerprint density at radius 1 is 1.06 bits per heavy atom. The van der Waals surface area contributed by atoms with E-state index >= 15 is 0 Å². The van der Waals surface area contributed by atoms with Crippen LogP contribution in [0.2, 0.25) is 0 Å². The molecule has 0 aliphatic rings. The maximum atomic E-state index is 5.80. The minimum atomic E-state index is -0.623. The molecule has 0 aromatic rings. The zero-order chi connectivity index (χ0) is 12.8. The Balaban J connectivity index is 4.22. The van der Waals surface area contributed by atoms with Crippen molar-refractivity contribution < 1.29 is 13.9 Å². The van der Waals surface area contributed by atoms with Gasteiger partial charge in [0, 0.05) is 0 Å². The minimum absolute atomic E-state index is 0.227. The molecule has 0 amide bonds. The summed E-state index contributed by atoms with van der Waals surface area (Å²) in [4.78, 5) is 0. The molecule has 0 bridgehead atoms. The van der Waals surface area contributed by atoms with Crippen molar-refractivity contribution in [1.29, 1.82) is 0 Å². The van der Waals surface area contributed by atoms with Crippen LogP contribution < -0.4 is 0 Å². The second kappa shape index (κ2) is 6.54. The third-order valence-electron chi connectivity index (χ3n) is 1.46. The van der Waals surface area contributed by atoms with Crippen LogP contribution in [0.15, 0.2) is 12.3 Å². The van der Waals surface area contributed by atoms with E-state index in [2.05, 4.69) is 6.58 Å². The van der Waals surface area contributed by atoms with Crippen molar-refractivity contribution in [1.82, 2.24) is 0 Å². The molecule has 0 radical (unpaired) electrons. The maximum Gasteiger partial charge on any atom is 0.184 e. The van der Waals surface area contributed by atoms with Crippen LogP contribution in [0.25, 0.3) is 0 Å². The highest BCUT2D eigenvalue weighted by Crippen LogP contribution is 2.17. The van der Waals surface area contributed by atoms with Gasteiger partial charge in [0.2, 0.25) is 0 Å². The molecule has 0 aromatic carbocycles. The lowest BCUT2D eigenvalue weighted by atomic mass is 10.2. The second-order valence-corrected chi connectivity index (χ2v) is 7.04. The van der Waals surface area contributed by atoms with Crippen LogP contribution in [0.5, 0.6) is 0 Å². The summed E-state index contributed by atoms with van der Waals surface area (Å²) in [6, 6.07) is 0. The molecule has 0 saturated heterocycles. The van der Waals surface area contributed by atoms with Gasteiger partial charge in [-0.05, 0) is 41.5 Å². The Labute approximate surface area is 102 Å². The smallest absolute Gasteiger partial charge is 0.184 e. The van der Waals surface area contributed by atoms with Crippen LogP contribution >= 0.6 is 0 Å². The first kappa shape index (κ1) is 15.8. The maximum absolute atomic E-state index is 5.80. The van der Waals surface area contributed by atoms with E-state index in [1.165, 1.54) is 0 Å². The zero-order valence-corrected chi connectivity index (χ0v) is 12.9. The molecule has 0 heterocycles. The van der Waals surface area contributed by atoms with Crippen molar-refractivity contribution in [3.05, 3.63) is 12.3 Å². The first-order chi connectivity index (χ1) is 7.14. The van der Waals surface area contributed by atoms with Gasteiger partial charge >= 0.3 is 0 Å². The molecule has 0 rings (SSSR count). The van der Waals surface area contributed by atoms with Gasteiger partial charge in [-0.2, -0.15) is 0 Å². The van der Waals surface area contributed by atoms with E-state index in [4.69, 9.17) is 13.9 Å². The highest BCUT2D eigenvalue weighted by Gasteiger charge is 2.24. The van der Waals surface area contributed by atoms with Crippen LogP contribution in [0.3, 0.4) is 0 Å². The van der Waals surface area contributed by atoms with Gasteiger partial charge in [0.1, 0.15) is 0 Å². The zero-order valence-electron chi connectivity index (χ0n) is 11.5. The monoisotopic (exact) mass is 246 g/mol. The molecule has 4 heteroatoms. The molecule has 96 valence electrons. The van der Waals surface area contributed by atoms with Gasteiger partial charge in [-0.25, -0.2) is 0 Å². The highest BCUT2D eigenvalue weighted by molar-refractivity contribution is 6.34. The third kappa shape index (κ3) is 10.4. The van der Waals surface area contributed by atoms with Crippen molar-refractivity contribution in [2.75, 3.05) is 6.61 Å². The fourth-order valence-electron chi connectivity index (χ4n) is 1.13. The Hall–Kier alpha value is -0.163.